The lowest BCUT2D eigenvalue weighted by Crippen LogP contribution is -2.39. The molecule has 4 amide bonds. The Morgan fingerprint density at radius 2 is 1.58 bits per heavy atom. The van der Waals surface area contributed by atoms with Gasteiger partial charge in [0.1, 0.15) is 5.60 Å². The van der Waals surface area contributed by atoms with Crippen LogP contribution >= 0.6 is 0 Å². The molecule has 0 radical (unpaired) electrons. The minimum Gasteiger partial charge on any atom is -0.444 e. The number of amides is 4. The first-order valence-electron chi connectivity index (χ1n) is 7.55. The lowest BCUT2D eigenvalue weighted by atomic mass is 10.2. The molecule has 0 atom stereocenters. The van der Waals surface area contributed by atoms with Crippen molar-refractivity contribution in [1.82, 2.24) is 10.6 Å². The van der Waals surface area contributed by atoms with Crippen molar-refractivity contribution in [3.8, 4) is 0 Å². The largest absolute Gasteiger partial charge is 0.444 e. The number of rotatable bonds is 5. The van der Waals surface area contributed by atoms with Crippen LogP contribution in [-0.4, -0.2) is 36.7 Å². The lowest BCUT2D eigenvalue weighted by Gasteiger charge is -2.19. The van der Waals surface area contributed by atoms with Gasteiger partial charge in [-0.3, -0.25) is 4.79 Å². The molecule has 4 N–H and O–H groups in total. The van der Waals surface area contributed by atoms with E-state index in [1.165, 1.54) is 6.92 Å². The van der Waals surface area contributed by atoms with Crippen LogP contribution in [0.15, 0.2) is 24.3 Å². The van der Waals surface area contributed by atoms with Crippen molar-refractivity contribution in [2.45, 2.75) is 33.3 Å². The average molecular weight is 336 g/mol. The van der Waals surface area contributed by atoms with Crippen molar-refractivity contribution in [3.05, 3.63) is 24.3 Å². The van der Waals surface area contributed by atoms with Crippen LogP contribution in [0.25, 0.3) is 0 Å². The zero-order chi connectivity index (χ0) is 18.2. The zero-order valence-electron chi connectivity index (χ0n) is 14.4. The molecular weight excluding hydrogens is 312 g/mol. The van der Waals surface area contributed by atoms with Crippen LogP contribution in [0.1, 0.15) is 27.7 Å². The number of ether oxygens (including phenoxy) is 1. The molecule has 8 nitrogen and oxygen atoms in total. The molecule has 0 aliphatic heterocycles. The van der Waals surface area contributed by atoms with Crippen LogP contribution < -0.4 is 21.3 Å². The molecule has 8 heteroatoms. The summed E-state index contributed by atoms with van der Waals surface area (Å²) in [4.78, 5) is 34.2. The highest BCUT2D eigenvalue weighted by Crippen LogP contribution is 2.14. The number of hydrogen-bond donors (Lipinski definition) is 4. The minimum absolute atomic E-state index is 0.190. The van der Waals surface area contributed by atoms with E-state index in [9.17, 15) is 14.4 Å². The summed E-state index contributed by atoms with van der Waals surface area (Å²) in [5.74, 6) is -0.190. The Kier molecular flexibility index (Phi) is 7.03. The Hall–Kier alpha value is -2.77. The Balaban J connectivity index is 2.32. The Morgan fingerprint density at radius 3 is 2.17 bits per heavy atom. The van der Waals surface area contributed by atoms with E-state index in [0.29, 0.717) is 11.4 Å². The molecule has 1 aromatic carbocycles. The van der Waals surface area contributed by atoms with Crippen molar-refractivity contribution < 1.29 is 19.1 Å². The molecule has 0 saturated carbocycles. The molecule has 0 saturated heterocycles. The summed E-state index contributed by atoms with van der Waals surface area (Å²) in [6.45, 7) is 7.21. The van der Waals surface area contributed by atoms with Gasteiger partial charge in [0.2, 0.25) is 5.91 Å². The fourth-order valence-electron chi connectivity index (χ4n) is 1.71. The van der Waals surface area contributed by atoms with E-state index < -0.39 is 17.7 Å². The van der Waals surface area contributed by atoms with Gasteiger partial charge < -0.3 is 26.0 Å². The number of hydrogen-bond acceptors (Lipinski definition) is 4. The van der Waals surface area contributed by atoms with Gasteiger partial charge in [-0.25, -0.2) is 9.59 Å². The van der Waals surface area contributed by atoms with Gasteiger partial charge in [-0.2, -0.15) is 0 Å². The summed E-state index contributed by atoms with van der Waals surface area (Å²) in [7, 11) is 0. The van der Waals surface area contributed by atoms with Crippen LogP contribution in [0.5, 0.6) is 0 Å². The number of anilines is 2. The summed E-state index contributed by atoms with van der Waals surface area (Å²) in [6.07, 6.45) is -0.535. The minimum atomic E-state index is -0.562. The molecule has 0 heterocycles. The second kappa shape index (κ2) is 8.76. The first-order valence-corrected chi connectivity index (χ1v) is 7.55. The van der Waals surface area contributed by atoms with Crippen LogP contribution in [0, 0.1) is 0 Å². The monoisotopic (exact) mass is 336 g/mol. The molecule has 0 aliphatic rings. The third-order valence-electron chi connectivity index (χ3n) is 2.52. The third kappa shape index (κ3) is 8.62. The topological polar surface area (TPSA) is 109 Å². The van der Waals surface area contributed by atoms with Crippen LogP contribution in [-0.2, 0) is 9.53 Å². The van der Waals surface area contributed by atoms with E-state index in [1.54, 1.807) is 45.0 Å². The quantitative estimate of drug-likeness (QED) is 0.619. The molecule has 1 aromatic rings. The van der Waals surface area contributed by atoms with E-state index >= 15 is 0 Å². The highest BCUT2D eigenvalue weighted by molar-refractivity contribution is 5.92. The smallest absolute Gasteiger partial charge is 0.407 e. The van der Waals surface area contributed by atoms with Gasteiger partial charge in [0.25, 0.3) is 0 Å². The zero-order valence-corrected chi connectivity index (χ0v) is 14.4. The van der Waals surface area contributed by atoms with Gasteiger partial charge in [0, 0.05) is 31.4 Å². The summed E-state index contributed by atoms with van der Waals surface area (Å²) in [5.41, 5.74) is 0.569. The van der Waals surface area contributed by atoms with E-state index in [0.717, 1.165) is 0 Å². The fourth-order valence-corrected chi connectivity index (χ4v) is 1.71. The van der Waals surface area contributed by atoms with Crippen molar-refractivity contribution in [1.29, 1.82) is 0 Å². The average Bonchev–Trinajstić information content (AvgIpc) is 2.41. The standard InChI is InChI=1S/C16H24N4O4/c1-11(21)19-12-6-5-7-13(10-12)20-14(22)17-8-9-18-15(23)24-16(2,3)4/h5-7,10H,8-9H2,1-4H3,(H,18,23)(H,19,21)(H2,17,20,22). The van der Waals surface area contributed by atoms with Crippen LogP contribution in [0.4, 0.5) is 21.0 Å². The molecule has 0 spiro atoms. The first kappa shape index (κ1) is 19.3. The lowest BCUT2D eigenvalue weighted by molar-refractivity contribution is -0.114. The van der Waals surface area contributed by atoms with Crippen molar-refractivity contribution in [2.24, 2.45) is 0 Å². The molecule has 132 valence electrons. The van der Waals surface area contributed by atoms with E-state index in [1.807, 2.05) is 0 Å². The van der Waals surface area contributed by atoms with E-state index in [-0.39, 0.29) is 19.0 Å². The Labute approximate surface area is 141 Å². The van der Waals surface area contributed by atoms with Gasteiger partial charge in [-0.15, -0.1) is 0 Å². The summed E-state index contributed by atoms with van der Waals surface area (Å²) in [5, 5.41) is 10.4. The molecule has 0 aromatic heterocycles. The van der Waals surface area contributed by atoms with Gasteiger partial charge in [0.05, 0.1) is 0 Å². The molecule has 24 heavy (non-hydrogen) atoms. The first-order chi connectivity index (χ1) is 11.2. The number of nitrogens with one attached hydrogen (secondary N) is 4. The van der Waals surface area contributed by atoms with Gasteiger partial charge in [-0.05, 0) is 39.0 Å². The van der Waals surface area contributed by atoms with Gasteiger partial charge >= 0.3 is 12.1 Å². The van der Waals surface area contributed by atoms with Gasteiger partial charge in [0.15, 0.2) is 0 Å². The highest BCUT2D eigenvalue weighted by atomic mass is 16.6. The molecule has 0 unspecified atom stereocenters. The SMILES string of the molecule is CC(=O)Nc1cccc(NC(=O)NCCNC(=O)OC(C)(C)C)c1. The number of alkyl carbamates (subject to hydrolysis) is 1. The summed E-state index contributed by atoms with van der Waals surface area (Å²) >= 11 is 0. The Morgan fingerprint density at radius 1 is 1.00 bits per heavy atom. The van der Waals surface area contributed by atoms with E-state index in [4.69, 9.17) is 4.74 Å². The van der Waals surface area contributed by atoms with E-state index in [2.05, 4.69) is 21.3 Å². The maximum atomic E-state index is 11.8. The fraction of sp³-hybridized carbons (Fsp3) is 0.438. The Bertz CT molecular complexity index is 596. The molecular formula is C16H24N4O4. The molecule has 1 rings (SSSR count). The van der Waals surface area contributed by atoms with Crippen LogP contribution in [0.3, 0.4) is 0 Å². The molecule has 0 aliphatic carbocycles. The maximum absolute atomic E-state index is 11.8. The predicted octanol–water partition coefficient (Wildman–Crippen LogP) is 2.29. The number of carbonyl (C=O) groups is 3. The normalized spacial score (nSPS) is 10.5. The van der Waals surface area contributed by atoms with Crippen molar-refractivity contribution >= 4 is 29.4 Å². The second-order valence-corrected chi connectivity index (χ2v) is 6.07. The highest BCUT2D eigenvalue weighted by Gasteiger charge is 2.15. The number of urea groups is 1. The second-order valence-electron chi connectivity index (χ2n) is 6.07. The van der Waals surface area contributed by atoms with Gasteiger partial charge in [-0.1, -0.05) is 6.07 Å². The summed E-state index contributed by atoms with van der Waals surface area (Å²) < 4.78 is 5.07. The number of benzene rings is 1. The van der Waals surface area contributed by atoms with Crippen molar-refractivity contribution in [2.75, 3.05) is 23.7 Å². The third-order valence-corrected chi connectivity index (χ3v) is 2.52. The van der Waals surface area contributed by atoms with Crippen molar-refractivity contribution in [3.63, 3.8) is 0 Å². The molecule has 0 fully saturated rings. The number of carbonyl (C=O) groups excluding carboxylic acids is 3. The maximum Gasteiger partial charge on any atom is 0.407 e. The van der Waals surface area contributed by atoms with Crippen LogP contribution in [0.2, 0.25) is 0 Å². The predicted molar refractivity (Wildman–Crippen MR) is 92.0 cm³/mol. The summed E-state index contributed by atoms with van der Waals surface area (Å²) in [6, 6.07) is 6.35. The molecule has 0 bridgehead atoms.